The first-order chi connectivity index (χ1) is 12.4. The molecule has 1 aliphatic rings. The first-order valence-electron chi connectivity index (χ1n) is 8.66. The van der Waals surface area contributed by atoms with Gasteiger partial charge in [-0.25, -0.2) is 0 Å². The lowest BCUT2D eigenvalue weighted by atomic mass is 10.0. The standard InChI is InChI=1S/C20H22N2O3S/c1-13(2)15-6-8-16(9-7-15)20-21(10-11-26-20)19(23)17-5-4-14(3)18(12-17)22(24)25/h4-9,12-13,20H,10-11H2,1-3H3/t20-/m1/s1. The number of aryl methyl sites for hydroxylation is 1. The van der Waals surface area contributed by atoms with E-state index in [1.165, 1.54) is 11.6 Å². The molecular weight excluding hydrogens is 348 g/mol. The van der Waals surface area contributed by atoms with E-state index in [1.807, 2.05) is 4.90 Å². The van der Waals surface area contributed by atoms with Gasteiger partial charge in [0.1, 0.15) is 5.37 Å². The number of hydrogen-bond acceptors (Lipinski definition) is 4. The van der Waals surface area contributed by atoms with Gasteiger partial charge in [-0.1, -0.05) is 44.2 Å². The number of carbonyl (C=O) groups excluding carboxylic acids is 1. The normalized spacial score (nSPS) is 16.9. The number of nitrogens with zero attached hydrogens (tertiary/aromatic N) is 2. The monoisotopic (exact) mass is 370 g/mol. The minimum atomic E-state index is -0.438. The minimum Gasteiger partial charge on any atom is -0.322 e. The maximum absolute atomic E-state index is 13.0. The summed E-state index contributed by atoms with van der Waals surface area (Å²) in [6, 6.07) is 13.1. The van der Waals surface area contributed by atoms with Crippen LogP contribution in [0.3, 0.4) is 0 Å². The minimum absolute atomic E-state index is 0.0134. The molecule has 0 aromatic heterocycles. The first-order valence-corrected chi connectivity index (χ1v) is 9.71. The van der Waals surface area contributed by atoms with Crippen molar-refractivity contribution in [1.82, 2.24) is 4.90 Å². The smallest absolute Gasteiger partial charge is 0.273 e. The maximum atomic E-state index is 13.0. The van der Waals surface area contributed by atoms with Crippen molar-refractivity contribution in [2.45, 2.75) is 32.1 Å². The molecule has 2 aromatic carbocycles. The van der Waals surface area contributed by atoms with Crippen LogP contribution in [-0.4, -0.2) is 28.0 Å². The molecular formula is C20H22N2O3S. The van der Waals surface area contributed by atoms with Crippen LogP contribution < -0.4 is 0 Å². The zero-order chi connectivity index (χ0) is 18.8. The number of rotatable bonds is 4. The number of benzene rings is 2. The summed E-state index contributed by atoms with van der Waals surface area (Å²) in [6.07, 6.45) is 0. The molecule has 2 aromatic rings. The fourth-order valence-corrected chi connectivity index (χ4v) is 4.36. The highest BCUT2D eigenvalue weighted by Gasteiger charge is 2.32. The summed E-state index contributed by atoms with van der Waals surface area (Å²) in [5, 5.41) is 11.1. The summed E-state index contributed by atoms with van der Waals surface area (Å²) in [7, 11) is 0. The van der Waals surface area contributed by atoms with Gasteiger partial charge < -0.3 is 4.90 Å². The van der Waals surface area contributed by atoms with Crippen LogP contribution >= 0.6 is 11.8 Å². The number of hydrogen-bond donors (Lipinski definition) is 0. The summed E-state index contributed by atoms with van der Waals surface area (Å²) in [5.41, 5.74) is 3.27. The van der Waals surface area contributed by atoms with Gasteiger partial charge >= 0.3 is 0 Å². The molecule has 6 heteroatoms. The predicted molar refractivity (Wildman–Crippen MR) is 105 cm³/mol. The Bertz CT molecular complexity index is 833. The van der Waals surface area contributed by atoms with E-state index in [2.05, 4.69) is 38.1 Å². The molecule has 1 aliphatic heterocycles. The van der Waals surface area contributed by atoms with Crippen LogP contribution in [0.1, 0.15) is 52.2 Å². The van der Waals surface area contributed by atoms with Gasteiger partial charge in [-0.2, -0.15) is 0 Å². The van der Waals surface area contributed by atoms with Crippen molar-refractivity contribution in [3.8, 4) is 0 Å². The van der Waals surface area contributed by atoms with Crippen molar-refractivity contribution in [3.63, 3.8) is 0 Å². The Labute approximate surface area is 157 Å². The average Bonchev–Trinajstić information content (AvgIpc) is 3.11. The number of carbonyl (C=O) groups is 1. The summed E-state index contributed by atoms with van der Waals surface area (Å²) in [4.78, 5) is 25.5. The van der Waals surface area contributed by atoms with Crippen LogP contribution in [0.15, 0.2) is 42.5 Å². The number of nitro benzene ring substituents is 1. The quantitative estimate of drug-likeness (QED) is 0.566. The predicted octanol–water partition coefficient (Wildman–Crippen LogP) is 4.91. The molecule has 0 bridgehead atoms. The van der Waals surface area contributed by atoms with E-state index in [1.54, 1.807) is 30.8 Å². The summed E-state index contributed by atoms with van der Waals surface area (Å²) < 4.78 is 0. The Hall–Kier alpha value is -2.34. The highest BCUT2D eigenvalue weighted by molar-refractivity contribution is 7.99. The van der Waals surface area contributed by atoms with Crippen LogP contribution in [0.5, 0.6) is 0 Å². The second-order valence-electron chi connectivity index (χ2n) is 6.80. The van der Waals surface area contributed by atoms with Gasteiger partial charge in [-0.15, -0.1) is 11.8 Å². The van der Waals surface area contributed by atoms with E-state index in [4.69, 9.17) is 0 Å². The molecule has 1 amide bonds. The summed E-state index contributed by atoms with van der Waals surface area (Å²) in [6.45, 7) is 6.62. The molecule has 0 unspecified atom stereocenters. The molecule has 1 heterocycles. The largest absolute Gasteiger partial charge is 0.322 e. The lowest BCUT2D eigenvalue weighted by Crippen LogP contribution is -2.30. The molecule has 0 N–H and O–H groups in total. The highest BCUT2D eigenvalue weighted by atomic mass is 32.2. The van der Waals surface area contributed by atoms with Crippen molar-refractivity contribution >= 4 is 23.4 Å². The summed E-state index contributed by atoms with van der Waals surface area (Å²) >= 11 is 1.73. The second-order valence-corrected chi connectivity index (χ2v) is 7.99. The van der Waals surface area contributed by atoms with Gasteiger partial charge in [0, 0.05) is 29.5 Å². The Morgan fingerprint density at radius 2 is 1.92 bits per heavy atom. The Morgan fingerprint density at radius 1 is 1.23 bits per heavy atom. The zero-order valence-corrected chi connectivity index (χ0v) is 16.0. The molecule has 26 heavy (non-hydrogen) atoms. The Kier molecular flexibility index (Phi) is 5.32. The molecule has 0 radical (unpaired) electrons. The summed E-state index contributed by atoms with van der Waals surface area (Å²) in [5.74, 6) is 1.16. The van der Waals surface area contributed by atoms with Crippen molar-refractivity contribution < 1.29 is 9.72 Å². The third kappa shape index (κ3) is 3.60. The van der Waals surface area contributed by atoms with Crippen molar-refractivity contribution in [3.05, 3.63) is 74.8 Å². The van der Waals surface area contributed by atoms with Crippen molar-refractivity contribution in [2.75, 3.05) is 12.3 Å². The van der Waals surface area contributed by atoms with Gasteiger partial charge in [0.15, 0.2) is 0 Å². The molecule has 5 nitrogen and oxygen atoms in total. The molecule has 0 saturated carbocycles. The average molecular weight is 370 g/mol. The fraction of sp³-hybridized carbons (Fsp3) is 0.350. The van der Waals surface area contributed by atoms with Gasteiger partial charge in [-0.3, -0.25) is 14.9 Å². The van der Waals surface area contributed by atoms with Crippen LogP contribution in [0, 0.1) is 17.0 Å². The van der Waals surface area contributed by atoms with Crippen LogP contribution in [0.25, 0.3) is 0 Å². The third-order valence-corrected chi connectivity index (χ3v) is 5.95. The van der Waals surface area contributed by atoms with E-state index < -0.39 is 4.92 Å². The van der Waals surface area contributed by atoms with Crippen LogP contribution in [-0.2, 0) is 0 Å². The van der Waals surface area contributed by atoms with E-state index in [-0.39, 0.29) is 17.0 Å². The molecule has 1 saturated heterocycles. The van der Waals surface area contributed by atoms with E-state index in [0.29, 0.717) is 23.6 Å². The topological polar surface area (TPSA) is 63.5 Å². The van der Waals surface area contributed by atoms with Crippen LogP contribution in [0.4, 0.5) is 5.69 Å². The molecule has 0 aliphatic carbocycles. The van der Waals surface area contributed by atoms with Crippen LogP contribution in [0.2, 0.25) is 0 Å². The van der Waals surface area contributed by atoms with Gasteiger partial charge in [0.25, 0.3) is 11.6 Å². The molecule has 1 atom stereocenters. The highest BCUT2D eigenvalue weighted by Crippen LogP contribution is 2.39. The zero-order valence-electron chi connectivity index (χ0n) is 15.1. The van der Waals surface area contributed by atoms with E-state index in [0.717, 1.165) is 11.3 Å². The third-order valence-electron chi connectivity index (χ3n) is 4.69. The number of thioether (sulfide) groups is 1. The van der Waals surface area contributed by atoms with Crippen molar-refractivity contribution in [2.24, 2.45) is 0 Å². The van der Waals surface area contributed by atoms with Gasteiger partial charge in [0.2, 0.25) is 0 Å². The fourth-order valence-electron chi connectivity index (χ4n) is 3.10. The second kappa shape index (κ2) is 7.50. The Morgan fingerprint density at radius 3 is 2.54 bits per heavy atom. The SMILES string of the molecule is Cc1ccc(C(=O)N2CCS[C@@H]2c2ccc(C(C)C)cc2)cc1[N+](=O)[O-]. The molecule has 136 valence electrons. The molecule has 1 fully saturated rings. The lowest BCUT2D eigenvalue weighted by molar-refractivity contribution is -0.385. The lowest BCUT2D eigenvalue weighted by Gasteiger charge is -2.24. The van der Waals surface area contributed by atoms with Gasteiger partial charge in [0.05, 0.1) is 4.92 Å². The molecule has 3 rings (SSSR count). The van der Waals surface area contributed by atoms with E-state index in [9.17, 15) is 14.9 Å². The number of amides is 1. The first kappa shape index (κ1) is 18.5. The van der Waals surface area contributed by atoms with Gasteiger partial charge in [-0.05, 0) is 30.0 Å². The number of nitro groups is 1. The Balaban J connectivity index is 1.87. The van der Waals surface area contributed by atoms with Crippen molar-refractivity contribution in [1.29, 1.82) is 0 Å². The van der Waals surface area contributed by atoms with E-state index >= 15 is 0 Å². The molecule has 0 spiro atoms. The maximum Gasteiger partial charge on any atom is 0.273 e.